The predicted molar refractivity (Wildman–Crippen MR) is 115 cm³/mol. The molecule has 0 fully saturated rings. The van der Waals surface area contributed by atoms with Crippen molar-refractivity contribution in [1.82, 2.24) is 0 Å². The largest absolute Gasteiger partial charge is 0.398 e. The second-order valence-corrected chi connectivity index (χ2v) is 6.76. The summed E-state index contributed by atoms with van der Waals surface area (Å²) in [5.74, 6) is 2.91. The topological polar surface area (TPSA) is 26.0 Å². The SMILES string of the molecule is C#Cc1c(Cc2ccccc2)c(N)c(Cc2ccccc2)c2ccccc12. The highest BCUT2D eigenvalue weighted by Gasteiger charge is 2.17. The molecule has 0 unspecified atom stereocenters. The van der Waals surface area contributed by atoms with Gasteiger partial charge in [0.25, 0.3) is 0 Å². The number of fused-ring (bicyclic) bond motifs is 1. The molecule has 0 aromatic heterocycles. The van der Waals surface area contributed by atoms with Gasteiger partial charge in [-0.2, -0.15) is 0 Å². The molecule has 0 bridgehead atoms. The van der Waals surface area contributed by atoms with Crippen molar-refractivity contribution in [2.45, 2.75) is 12.8 Å². The van der Waals surface area contributed by atoms with Gasteiger partial charge in [0, 0.05) is 24.1 Å². The Balaban J connectivity index is 1.94. The van der Waals surface area contributed by atoms with Crippen LogP contribution < -0.4 is 5.73 Å². The summed E-state index contributed by atoms with van der Waals surface area (Å²) in [5, 5.41) is 2.25. The van der Waals surface area contributed by atoms with E-state index in [1.54, 1.807) is 0 Å². The molecular formula is C26H21N. The molecule has 4 rings (SSSR count). The van der Waals surface area contributed by atoms with Gasteiger partial charge in [-0.3, -0.25) is 0 Å². The Labute approximate surface area is 160 Å². The van der Waals surface area contributed by atoms with Crippen LogP contribution in [0.4, 0.5) is 5.69 Å². The van der Waals surface area contributed by atoms with Gasteiger partial charge in [-0.25, -0.2) is 0 Å². The second-order valence-electron chi connectivity index (χ2n) is 6.76. The van der Waals surface area contributed by atoms with Crippen LogP contribution in [0.3, 0.4) is 0 Å². The molecule has 1 nitrogen and oxygen atoms in total. The molecule has 4 aromatic carbocycles. The normalized spacial score (nSPS) is 10.6. The van der Waals surface area contributed by atoms with Crippen LogP contribution in [-0.4, -0.2) is 0 Å². The predicted octanol–water partition coefficient (Wildman–Crippen LogP) is 5.58. The lowest BCUT2D eigenvalue weighted by atomic mass is 9.87. The van der Waals surface area contributed by atoms with Crippen molar-refractivity contribution >= 4 is 16.5 Å². The van der Waals surface area contributed by atoms with E-state index in [1.807, 2.05) is 36.4 Å². The molecule has 130 valence electrons. The monoisotopic (exact) mass is 347 g/mol. The minimum absolute atomic E-state index is 0.735. The number of hydrogen-bond donors (Lipinski definition) is 1. The zero-order valence-electron chi connectivity index (χ0n) is 15.2. The average Bonchev–Trinajstić information content (AvgIpc) is 2.73. The van der Waals surface area contributed by atoms with Crippen molar-refractivity contribution in [2.75, 3.05) is 5.73 Å². The minimum Gasteiger partial charge on any atom is -0.398 e. The molecule has 27 heavy (non-hydrogen) atoms. The van der Waals surface area contributed by atoms with E-state index in [4.69, 9.17) is 12.2 Å². The molecule has 0 radical (unpaired) electrons. The van der Waals surface area contributed by atoms with Gasteiger partial charge in [-0.05, 0) is 33.0 Å². The number of hydrogen-bond acceptors (Lipinski definition) is 1. The van der Waals surface area contributed by atoms with Gasteiger partial charge >= 0.3 is 0 Å². The fourth-order valence-electron chi connectivity index (χ4n) is 3.73. The summed E-state index contributed by atoms with van der Waals surface area (Å²) in [6.45, 7) is 0. The Morgan fingerprint density at radius 1 is 0.630 bits per heavy atom. The van der Waals surface area contributed by atoms with Crippen molar-refractivity contribution in [2.24, 2.45) is 0 Å². The van der Waals surface area contributed by atoms with Crippen LogP contribution in [0, 0.1) is 12.3 Å². The van der Waals surface area contributed by atoms with Crippen LogP contribution in [-0.2, 0) is 12.8 Å². The molecule has 1 heteroatoms. The van der Waals surface area contributed by atoms with Crippen molar-refractivity contribution in [3.63, 3.8) is 0 Å². The first-order valence-electron chi connectivity index (χ1n) is 9.14. The Hall–Kier alpha value is -3.50. The van der Waals surface area contributed by atoms with Gasteiger partial charge in [0.1, 0.15) is 0 Å². The van der Waals surface area contributed by atoms with Crippen LogP contribution in [0.25, 0.3) is 10.8 Å². The number of anilines is 1. The molecule has 0 amide bonds. The van der Waals surface area contributed by atoms with Gasteiger partial charge in [0.05, 0.1) is 0 Å². The summed E-state index contributed by atoms with van der Waals surface area (Å²) in [7, 11) is 0. The van der Waals surface area contributed by atoms with Gasteiger partial charge in [0.2, 0.25) is 0 Å². The first-order chi connectivity index (χ1) is 13.3. The maximum absolute atomic E-state index is 6.73. The van der Waals surface area contributed by atoms with E-state index in [0.717, 1.165) is 46.0 Å². The lowest BCUT2D eigenvalue weighted by molar-refractivity contribution is 1.16. The van der Waals surface area contributed by atoms with Gasteiger partial charge in [0.15, 0.2) is 0 Å². The maximum atomic E-state index is 6.73. The summed E-state index contributed by atoms with van der Waals surface area (Å²) in [5.41, 5.74) is 13.1. The smallest absolute Gasteiger partial charge is 0.0405 e. The quantitative estimate of drug-likeness (QED) is 0.378. The van der Waals surface area contributed by atoms with Gasteiger partial charge in [-0.1, -0.05) is 90.8 Å². The molecule has 0 saturated heterocycles. The molecule has 2 N–H and O–H groups in total. The zero-order chi connectivity index (χ0) is 18.6. The highest BCUT2D eigenvalue weighted by molar-refractivity contribution is 5.97. The fraction of sp³-hybridized carbons (Fsp3) is 0.0769. The number of nitrogens with two attached hydrogens (primary N) is 1. The van der Waals surface area contributed by atoms with E-state index < -0.39 is 0 Å². The molecule has 0 atom stereocenters. The third-order valence-electron chi connectivity index (χ3n) is 5.07. The lowest BCUT2D eigenvalue weighted by Crippen LogP contribution is -2.06. The first kappa shape index (κ1) is 16.9. The van der Waals surface area contributed by atoms with Crippen molar-refractivity contribution in [3.05, 3.63) is 113 Å². The Morgan fingerprint density at radius 2 is 1.11 bits per heavy atom. The Bertz CT molecular complexity index is 1120. The molecule has 0 saturated carbocycles. The van der Waals surface area contributed by atoms with E-state index in [1.165, 1.54) is 11.1 Å². The third kappa shape index (κ3) is 3.30. The van der Waals surface area contributed by atoms with E-state index in [0.29, 0.717) is 0 Å². The van der Waals surface area contributed by atoms with E-state index in [-0.39, 0.29) is 0 Å². The van der Waals surface area contributed by atoms with Crippen molar-refractivity contribution in [3.8, 4) is 12.3 Å². The van der Waals surface area contributed by atoms with Crippen LogP contribution in [0.5, 0.6) is 0 Å². The summed E-state index contributed by atoms with van der Waals surface area (Å²) in [6, 6.07) is 29.1. The molecule has 4 aromatic rings. The molecule has 0 spiro atoms. The van der Waals surface area contributed by atoms with E-state index in [2.05, 4.69) is 54.5 Å². The molecular weight excluding hydrogens is 326 g/mol. The summed E-state index contributed by atoms with van der Waals surface area (Å²) >= 11 is 0. The third-order valence-corrected chi connectivity index (χ3v) is 5.07. The molecule has 0 heterocycles. The second kappa shape index (κ2) is 7.40. The molecule has 0 aliphatic carbocycles. The van der Waals surface area contributed by atoms with Gasteiger partial charge < -0.3 is 5.73 Å². The molecule has 0 aliphatic rings. The van der Waals surface area contributed by atoms with Crippen molar-refractivity contribution < 1.29 is 0 Å². The van der Waals surface area contributed by atoms with Gasteiger partial charge in [-0.15, -0.1) is 6.42 Å². The molecule has 0 aliphatic heterocycles. The van der Waals surface area contributed by atoms with Crippen LogP contribution in [0.15, 0.2) is 84.9 Å². The average molecular weight is 347 g/mol. The zero-order valence-corrected chi connectivity index (χ0v) is 15.2. The van der Waals surface area contributed by atoms with E-state index in [9.17, 15) is 0 Å². The summed E-state index contributed by atoms with van der Waals surface area (Å²) < 4.78 is 0. The fourth-order valence-corrected chi connectivity index (χ4v) is 3.73. The first-order valence-corrected chi connectivity index (χ1v) is 9.14. The highest BCUT2D eigenvalue weighted by Crippen LogP contribution is 2.35. The van der Waals surface area contributed by atoms with Crippen LogP contribution in [0.2, 0.25) is 0 Å². The number of benzene rings is 4. The number of rotatable bonds is 4. The summed E-state index contributed by atoms with van der Waals surface area (Å²) in [6.07, 6.45) is 7.46. The summed E-state index contributed by atoms with van der Waals surface area (Å²) in [4.78, 5) is 0. The van der Waals surface area contributed by atoms with E-state index >= 15 is 0 Å². The van der Waals surface area contributed by atoms with Crippen molar-refractivity contribution in [1.29, 1.82) is 0 Å². The highest BCUT2D eigenvalue weighted by atomic mass is 14.6. The lowest BCUT2D eigenvalue weighted by Gasteiger charge is -2.18. The minimum atomic E-state index is 0.735. The Morgan fingerprint density at radius 3 is 1.67 bits per heavy atom. The Kier molecular flexibility index (Phi) is 4.64. The number of terminal acetylenes is 1. The van der Waals surface area contributed by atoms with Crippen LogP contribution in [0.1, 0.15) is 27.8 Å². The van der Waals surface area contributed by atoms with Crippen LogP contribution >= 0.6 is 0 Å². The standard InChI is InChI=1S/C26H21N/c1-2-21-22-15-9-10-16-23(22)25(18-20-13-7-4-8-14-20)26(27)24(21)17-19-11-5-3-6-12-19/h1,3-16H,17-18,27H2. The maximum Gasteiger partial charge on any atom is 0.0405 e. The number of nitrogen functional groups attached to an aromatic ring is 1.